The third kappa shape index (κ3) is 5.88. The number of methoxy groups -OCH3 is 2. The van der Waals surface area contributed by atoms with Crippen LogP contribution in [0.1, 0.15) is 18.1 Å². The van der Waals surface area contributed by atoms with E-state index >= 15 is 0 Å². The molecular weight excluding hydrogens is 404 g/mol. The minimum absolute atomic E-state index is 0.121. The zero-order valence-corrected chi connectivity index (χ0v) is 18.6. The number of rotatable bonds is 9. The molecule has 0 heterocycles. The van der Waals surface area contributed by atoms with Gasteiger partial charge in [-0.05, 0) is 30.2 Å². The van der Waals surface area contributed by atoms with Crippen LogP contribution in [-0.2, 0) is 22.6 Å². The normalized spacial score (nSPS) is 11.3. The van der Waals surface area contributed by atoms with Crippen molar-refractivity contribution >= 4 is 17.5 Å². The molecule has 166 valence electrons. The van der Waals surface area contributed by atoms with Crippen LogP contribution in [0.5, 0.6) is 11.5 Å². The van der Waals surface area contributed by atoms with Gasteiger partial charge in [0, 0.05) is 12.6 Å². The maximum absolute atomic E-state index is 13.2. The molecule has 3 rings (SSSR count). The fraction of sp³-hybridized carbons (Fsp3) is 0.231. The molecule has 3 aromatic carbocycles. The first kappa shape index (κ1) is 22.9. The molecule has 1 unspecified atom stereocenters. The zero-order chi connectivity index (χ0) is 22.9. The van der Waals surface area contributed by atoms with E-state index < -0.39 is 6.04 Å². The smallest absolute Gasteiger partial charge is 0.247 e. The zero-order valence-electron chi connectivity index (χ0n) is 18.6. The Labute approximate surface area is 188 Å². The van der Waals surface area contributed by atoms with Crippen LogP contribution < -0.4 is 14.8 Å². The van der Waals surface area contributed by atoms with Gasteiger partial charge in [0.25, 0.3) is 0 Å². The molecule has 32 heavy (non-hydrogen) atoms. The maximum Gasteiger partial charge on any atom is 0.247 e. The molecule has 0 saturated carbocycles. The van der Waals surface area contributed by atoms with E-state index in [1.54, 1.807) is 37.1 Å². The van der Waals surface area contributed by atoms with Gasteiger partial charge in [0.15, 0.2) is 0 Å². The molecule has 0 fully saturated rings. The highest BCUT2D eigenvalue weighted by Crippen LogP contribution is 2.29. The average molecular weight is 433 g/mol. The van der Waals surface area contributed by atoms with Crippen molar-refractivity contribution in [3.05, 3.63) is 90.0 Å². The number of hydrogen-bond acceptors (Lipinski definition) is 4. The summed E-state index contributed by atoms with van der Waals surface area (Å²) < 4.78 is 10.6. The van der Waals surface area contributed by atoms with Crippen molar-refractivity contribution in [2.75, 3.05) is 19.5 Å². The fourth-order valence-electron chi connectivity index (χ4n) is 3.37. The van der Waals surface area contributed by atoms with Crippen LogP contribution in [0.4, 0.5) is 5.69 Å². The summed E-state index contributed by atoms with van der Waals surface area (Å²) in [5, 5.41) is 2.88. The first-order chi connectivity index (χ1) is 15.5. The van der Waals surface area contributed by atoms with Gasteiger partial charge in [0.1, 0.15) is 17.5 Å². The third-order valence-electron chi connectivity index (χ3n) is 5.23. The summed E-state index contributed by atoms with van der Waals surface area (Å²) in [6.07, 6.45) is 0.219. The summed E-state index contributed by atoms with van der Waals surface area (Å²) in [5.41, 5.74) is 2.37. The number of amides is 2. The maximum atomic E-state index is 13.2. The lowest BCUT2D eigenvalue weighted by molar-refractivity contribution is -0.138. The Morgan fingerprint density at radius 3 is 2.09 bits per heavy atom. The number of nitrogens with zero attached hydrogens (tertiary/aromatic N) is 1. The lowest BCUT2D eigenvalue weighted by atomic mass is 10.1. The van der Waals surface area contributed by atoms with Crippen LogP contribution >= 0.6 is 0 Å². The van der Waals surface area contributed by atoms with Crippen LogP contribution in [0.15, 0.2) is 78.9 Å². The second kappa shape index (κ2) is 11.0. The summed E-state index contributed by atoms with van der Waals surface area (Å²) >= 11 is 0. The number of carbonyl (C=O) groups excluding carboxylic acids is 2. The number of nitrogens with one attached hydrogen (secondary N) is 1. The van der Waals surface area contributed by atoms with Crippen molar-refractivity contribution in [3.63, 3.8) is 0 Å². The summed E-state index contributed by atoms with van der Waals surface area (Å²) in [5.74, 6) is 0.682. The lowest BCUT2D eigenvalue weighted by Crippen LogP contribution is -2.45. The topological polar surface area (TPSA) is 67.9 Å². The van der Waals surface area contributed by atoms with E-state index in [0.717, 1.165) is 11.1 Å². The van der Waals surface area contributed by atoms with Crippen molar-refractivity contribution in [3.8, 4) is 11.5 Å². The largest absolute Gasteiger partial charge is 0.497 e. The second-order valence-electron chi connectivity index (χ2n) is 7.40. The van der Waals surface area contributed by atoms with Crippen LogP contribution in [-0.4, -0.2) is 37.0 Å². The molecular formula is C26H28N2O4. The number of ether oxygens (including phenoxy) is 2. The van der Waals surface area contributed by atoms with Gasteiger partial charge in [-0.3, -0.25) is 9.59 Å². The molecule has 0 bridgehead atoms. The van der Waals surface area contributed by atoms with Crippen molar-refractivity contribution < 1.29 is 19.1 Å². The molecule has 0 spiro atoms. The summed E-state index contributed by atoms with van der Waals surface area (Å²) in [7, 11) is 3.09. The number of carbonyl (C=O) groups is 2. The highest BCUT2D eigenvalue weighted by Gasteiger charge is 2.27. The number of hydrogen-bond donors (Lipinski definition) is 1. The van der Waals surface area contributed by atoms with Crippen molar-refractivity contribution in [1.29, 1.82) is 0 Å². The Morgan fingerprint density at radius 1 is 0.875 bits per heavy atom. The van der Waals surface area contributed by atoms with Gasteiger partial charge in [-0.1, -0.05) is 60.7 Å². The second-order valence-corrected chi connectivity index (χ2v) is 7.40. The van der Waals surface area contributed by atoms with Gasteiger partial charge in [-0.25, -0.2) is 0 Å². The van der Waals surface area contributed by atoms with Gasteiger partial charge in [-0.2, -0.15) is 0 Å². The third-order valence-corrected chi connectivity index (χ3v) is 5.23. The molecule has 0 aliphatic heterocycles. The first-order valence-corrected chi connectivity index (χ1v) is 10.4. The Morgan fingerprint density at radius 2 is 1.50 bits per heavy atom. The number of anilines is 1. The van der Waals surface area contributed by atoms with E-state index in [0.29, 0.717) is 23.7 Å². The quantitative estimate of drug-likeness (QED) is 0.547. The molecule has 1 N–H and O–H groups in total. The summed E-state index contributed by atoms with van der Waals surface area (Å²) in [6, 6.07) is 23.6. The van der Waals surface area contributed by atoms with Gasteiger partial charge in [0.05, 0.1) is 26.3 Å². The Hall–Kier alpha value is -3.80. The molecule has 6 nitrogen and oxygen atoms in total. The SMILES string of the molecule is COc1ccc(NC(=O)C(C)N(Cc2ccccc2)C(=O)Cc2ccccc2)c(OC)c1. The molecule has 2 amide bonds. The van der Waals surface area contributed by atoms with Crippen LogP contribution in [0.2, 0.25) is 0 Å². The minimum atomic E-state index is -0.696. The van der Waals surface area contributed by atoms with Gasteiger partial charge >= 0.3 is 0 Å². The molecule has 6 heteroatoms. The van der Waals surface area contributed by atoms with E-state index in [-0.39, 0.29) is 18.2 Å². The molecule has 1 atom stereocenters. The van der Waals surface area contributed by atoms with Crippen molar-refractivity contribution in [1.82, 2.24) is 4.90 Å². The lowest BCUT2D eigenvalue weighted by Gasteiger charge is -2.29. The van der Waals surface area contributed by atoms with Gasteiger partial charge in [-0.15, -0.1) is 0 Å². The Kier molecular flexibility index (Phi) is 7.86. The van der Waals surface area contributed by atoms with E-state index in [1.165, 1.54) is 7.11 Å². The van der Waals surface area contributed by atoms with Crippen molar-refractivity contribution in [2.24, 2.45) is 0 Å². The van der Waals surface area contributed by atoms with Gasteiger partial charge in [0.2, 0.25) is 11.8 Å². The first-order valence-electron chi connectivity index (χ1n) is 10.4. The predicted octanol–water partition coefficient (Wildman–Crippen LogP) is 4.30. The summed E-state index contributed by atoms with van der Waals surface area (Å²) in [4.78, 5) is 28.0. The van der Waals surface area contributed by atoms with E-state index in [1.807, 2.05) is 60.7 Å². The highest BCUT2D eigenvalue weighted by atomic mass is 16.5. The molecule has 0 aromatic heterocycles. The monoisotopic (exact) mass is 432 g/mol. The van der Waals surface area contributed by atoms with E-state index in [4.69, 9.17) is 9.47 Å². The Balaban J connectivity index is 1.81. The Bertz CT molecular complexity index is 1040. The van der Waals surface area contributed by atoms with Gasteiger partial charge < -0.3 is 19.7 Å². The average Bonchev–Trinajstić information content (AvgIpc) is 2.83. The molecule has 0 saturated heterocycles. The fourth-order valence-corrected chi connectivity index (χ4v) is 3.37. The molecule has 0 aliphatic rings. The standard InChI is InChI=1S/C26H28N2O4/c1-19(26(30)27-23-15-14-22(31-2)17-24(23)32-3)28(18-21-12-8-5-9-13-21)25(29)16-20-10-6-4-7-11-20/h4-15,17,19H,16,18H2,1-3H3,(H,27,30). The predicted molar refractivity (Wildman–Crippen MR) is 125 cm³/mol. The van der Waals surface area contributed by atoms with Crippen molar-refractivity contribution in [2.45, 2.75) is 25.9 Å². The highest BCUT2D eigenvalue weighted by molar-refractivity contribution is 5.98. The number of benzene rings is 3. The summed E-state index contributed by atoms with van der Waals surface area (Å²) in [6.45, 7) is 2.07. The van der Waals surface area contributed by atoms with Crippen LogP contribution in [0.3, 0.4) is 0 Å². The van der Waals surface area contributed by atoms with E-state index in [2.05, 4.69) is 5.32 Å². The minimum Gasteiger partial charge on any atom is -0.497 e. The molecule has 0 radical (unpaired) electrons. The molecule has 3 aromatic rings. The molecule has 0 aliphatic carbocycles. The van der Waals surface area contributed by atoms with Crippen LogP contribution in [0.25, 0.3) is 0 Å². The van der Waals surface area contributed by atoms with Crippen LogP contribution in [0, 0.1) is 0 Å². The van der Waals surface area contributed by atoms with E-state index in [9.17, 15) is 9.59 Å².